The van der Waals surface area contributed by atoms with Crippen molar-refractivity contribution in [3.8, 4) is 5.75 Å². The summed E-state index contributed by atoms with van der Waals surface area (Å²) in [5.74, 6) is 3.71. The largest absolute Gasteiger partial charge is 0.493 e. The van der Waals surface area contributed by atoms with Crippen molar-refractivity contribution < 1.29 is 4.74 Å². The number of nitrogens with two attached hydrogens (primary N) is 1. The van der Waals surface area contributed by atoms with Crippen LogP contribution in [0.15, 0.2) is 18.2 Å². The Hall–Kier alpha value is -1.02. The van der Waals surface area contributed by atoms with Gasteiger partial charge in [0.25, 0.3) is 0 Å². The van der Waals surface area contributed by atoms with Crippen molar-refractivity contribution in [3.05, 3.63) is 29.3 Å². The van der Waals surface area contributed by atoms with Crippen molar-refractivity contribution in [2.75, 3.05) is 6.61 Å². The Kier molecular flexibility index (Phi) is 2.04. The maximum atomic E-state index is 6.44. The highest BCUT2D eigenvalue weighted by Crippen LogP contribution is 2.61. The molecule has 1 aromatic carbocycles. The Morgan fingerprint density at radius 3 is 2.88 bits per heavy atom. The van der Waals surface area contributed by atoms with Gasteiger partial charge in [0.1, 0.15) is 5.75 Å². The van der Waals surface area contributed by atoms with Crippen LogP contribution in [-0.4, -0.2) is 6.61 Å². The number of fused-ring (bicyclic) bond motifs is 2. The van der Waals surface area contributed by atoms with E-state index in [2.05, 4.69) is 18.2 Å². The van der Waals surface area contributed by atoms with E-state index in [1.807, 2.05) is 0 Å². The molecule has 1 aromatic rings. The zero-order chi connectivity index (χ0) is 11.4. The van der Waals surface area contributed by atoms with Crippen LogP contribution in [0.25, 0.3) is 0 Å². The van der Waals surface area contributed by atoms with Crippen LogP contribution in [0.5, 0.6) is 5.75 Å². The predicted molar refractivity (Wildman–Crippen MR) is 66.9 cm³/mol. The van der Waals surface area contributed by atoms with Gasteiger partial charge < -0.3 is 10.5 Å². The molecule has 2 aliphatic carbocycles. The third-order valence-electron chi connectivity index (χ3n) is 4.99. The van der Waals surface area contributed by atoms with Crippen molar-refractivity contribution in [2.45, 2.75) is 31.7 Å². The van der Waals surface area contributed by atoms with Gasteiger partial charge >= 0.3 is 0 Å². The first kappa shape index (κ1) is 9.95. The molecule has 3 unspecified atom stereocenters. The molecule has 3 aliphatic rings. The van der Waals surface area contributed by atoms with Crippen molar-refractivity contribution in [2.24, 2.45) is 23.5 Å². The van der Waals surface area contributed by atoms with Crippen LogP contribution >= 0.6 is 0 Å². The standard InChI is InChI=1S/C15H19NO/c16-15(14-11-2-1-3-12(11)14)10-4-5-13-9(8-10)6-7-17-13/h4-5,8,11-12,14-15H,1-3,6-7,16H2. The lowest BCUT2D eigenvalue weighted by Crippen LogP contribution is -2.15. The van der Waals surface area contributed by atoms with Gasteiger partial charge in [0.15, 0.2) is 0 Å². The Bertz CT molecular complexity index is 446. The second-order valence-electron chi connectivity index (χ2n) is 5.83. The second-order valence-corrected chi connectivity index (χ2v) is 5.83. The molecule has 2 N–H and O–H groups in total. The molecular formula is C15H19NO. The summed E-state index contributed by atoms with van der Waals surface area (Å²) in [5, 5.41) is 0. The Balaban J connectivity index is 1.58. The first-order chi connectivity index (χ1) is 8.34. The fourth-order valence-corrected chi connectivity index (χ4v) is 4.05. The smallest absolute Gasteiger partial charge is 0.122 e. The van der Waals surface area contributed by atoms with E-state index in [-0.39, 0.29) is 6.04 Å². The molecule has 4 rings (SSSR count). The summed E-state index contributed by atoms with van der Waals surface area (Å²) >= 11 is 0. The molecule has 2 heteroatoms. The average Bonchev–Trinajstić information content (AvgIpc) is 2.75. The van der Waals surface area contributed by atoms with E-state index >= 15 is 0 Å². The summed E-state index contributed by atoms with van der Waals surface area (Å²) in [5.41, 5.74) is 9.12. The van der Waals surface area contributed by atoms with E-state index in [0.717, 1.165) is 36.5 Å². The van der Waals surface area contributed by atoms with Crippen LogP contribution in [-0.2, 0) is 6.42 Å². The average molecular weight is 229 g/mol. The van der Waals surface area contributed by atoms with E-state index in [1.54, 1.807) is 0 Å². The Morgan fingerprint density at radius 2 is 2.06 bits per heavy atom. The zero-order valence-electron chi connectivity index (χ0n) is 10.1. The van der Waals surface area contributed by atoms with Crippen LogP contribution in [0, 0.1) is 17.8 Å². The number of ether oxygens (including phenoxy) is 1. The molecule has 0 aromatic heterocycles. The van der Waals surface area contributed by atoms with Crippen LogP contribution < -0.4 is 10.5 Å². The minimum absolute atomic E-state index is 0.260. The lowest BCUT2D eigenvalue weighted by molar-refractivity contribution is 0.356. The summed E-state index contributed by atoms with van der Waals surface area (Å²) in [4.78, 5) is 0. The van der Waals surface area contributed by atoms with E-state index in [9.17, 15) is 0 Å². The first-order valence-electron chi connectivity index (χ1n) is 6.86. The fourth-order valence-electron chi connectivity index (χ4n) is 4.05. The van der Waals surface area contributed by atoms with E-state index in [0.29, 0.717) is 0 Å². The van der Waals surface area contributed by atoms with Gasteiger partial charge in [0, 0.05) is 12.5 Å². The molecule has 17 heavy (non-hydrogen) atoms. The third-order valence-corrected chi connectivity index (χ3v) is 4.99. The molecule has 2 fully saturated rings. The maximum absolute atomic E-state index is 6.44. The molecule has 0 saturated heterocycles. The van der Waals surface area contributed by atoms with Crippen molar-refractivity contribution >= 4 is 0 Å². The summed E-state index contributed by atoms with van der Waals surface area (Å²) in [6.45, 7) is 0.836. The predicted octanol–water partition coefficient (Wildman–Crippen LogP) is 2.67. The number of benzene rings is 1. The monoisotopic (exact) mass is 229 g/mol. The lowest BCUT2D eigenvalue weighted by Gasteiger charge is -2.15. The normalized spacial score (nSPS) is 35.0. The van der Waals surface area contributed by atoms with Gasteiger partial charge in [-0.25, -0.2) is 0 Å². The minimum atomic E-state index is 0.260. The number of hydrogen-bond acceptors (Lipinski definition) is 2. The minimum Gasteiger partial charge on any atom is -0.493 e. The summed E-state index contributed by atoms with van der Waals surface area (Å²) in [6, 6.07) is 6.82. The molecule has 0 amide bonds. The highest BCUT2D eigenvalue weighted by molar-refractivity contribution is 5.41. The van der Waals surface area contributed by atoms with Gasteiger partial charge in [0.2, 0.25) is 0 Å². The van der Waals surface area contributed by atoms with Gasteiger partial charge in [-0.1, -0.05) is 18.6 Å². The summed E-state index contributed by atoms with van der Waals surface area (Å²) in [7, 11) is 0. The van der Waals surface area contributed by atoms with Gasteiger partial charge in [-0.2, -0.15) is 0 Å². The van der Waals surface area contributed by atoms with E-state index in [4.69, 9.17) is 10.5 Å². The Labute approximate surface area is 102 Å². The van der Waals surface area contributed by atoms with Crippen molar-refractivity contribution in [3.63, 3.8) is 0 Å². The summed E-state index contributed by atoms with van der Waals surface area (Å²) < 4.78 is 5.54. The van der Waals surface area contributed by atoms with Crippen molar-refractivity contribution in [1.82, 2.24) is 0 Å². The van der Waals surface area contributed by atoms with Crippen LogP contribution in [0.1, 0.15) is 36.4 Å². The molecule has 2 saturated carbocycles. The quantitative estimate of drug-likeness (QED) is 0.846. The Morgan fingerprint density at radius 1 is 1.24 bits per heavy atom. The van der Waals surface area contributed by atoms with Gasteiger partial charge in [-0.3, -0.25) is 0 Å². The topological polar surface area (TPSA) is 35.2 Å². The molecule has 90 valence electrons. The fraction of sp³-hybridized carbons (Fsp3) is 0.600. The molecule has 2 nitrogen and oxygen atoms in total. The molecular weight excluding hydrogens is 210 g/mol. The zero-order valence-corrected chi connectivity index (χ0v) is 10.1. The molecule has 0 spiro atoms. The lowest BCUT2D eigenvalue weighted by atomic mass is 9.96. The van der Waals surface area contributed by atoms with Crippen LogP contribution in [0.3, 0.4) is 0 Å². The van der Waals surface area contributed by atoms with E-state index < -0.39 is 0 Å². The first-order valence-corrected chi connectivity index (χ1v) is 6.86. The van der Waals surface area contributed by atoms with Gasteiger partial charge in [-0.15, -0.1) is 0 Å². The van der Waals surface area contributed by atoms with E-state index in [1.165, 1.54) is 30.4 Å². The van der Waals surface area contributed by atoms with Gasteiger partial charge in [0.05, 0.1) is 6.61 Å². The van der Waals surface area contributed by atoms with Crippen LogP contribution in [0.4, 0.5) is 0 Å². The highest BCUT2D eigenvalue weighted by atomic mass is 16.5. The maximum Gasteiger partial charge on any atom is 0.122 e. The molecule has 0 radical (unpaired) electrons. The second kappa shape index (κ2) is 3.49. The summed E-state index contributed by atoms with van der Waals surface area (Å²) in [6.07, 6.45) is 5.30. The van der Waals surface area contributed by atoms with Crippen LogP contribution in [0.2, 0.25) is 0 Å². The molecule has 1 heterocycles. The third kappa shape index (κ3) is 1.43. The highest BCUT2D eigenvalue weighted by Gasteiger charge is 2.55. The SMILES string of the molecule is NC(c1ccc2c(c1)CCO2)C1C2CCCC21. The van der Waals surface area contributed by atoms with Crippen molar-refractivity contribution in [1.29, 1.82) is 0 Å². The number of rotatable bonds is 2. The van der Waals surface area contributed by atoms with Gasteiger partial charge in [-0.05, 0) is 47.8 Å². The molecule has 1 aliphatic heterocycles. The number of hydrogen-bond donors (Lipinski definition) is 1. The molecule has 0 bridgehead atoms. The molecule has 3 atom stereocenters.